The normalized spacial score (nSPS) is 22.5. The maximum Gasteiger partial charge on any atom is 0.0207 e. The Balaban J connectivity index is 2.11. The maximum atomic E-state index is 3.62. The third kappa shape index (κ3) is 4.81. The van der Waals surface area contributed by atoms with E-state index in [0.717, 1.165) is 6.04 Å². The zero-order valence-electron chi connectivity index (χ0n) is 11.5. The summed E-state index contributed by atoms with van der Waals surface area (Å²) in [4.78, 5) is 5.01. The highest BCUT2D eigenvalue weighted by Gasteiger charge is 2.21. The topological polar surface area (TPSA) is 18.5 Å². The molecule has 1 saturated heterocycles. The van der Waals surface area contributed by atoms with E-state index in [1.807, 2.05) is 0 Å². The van der Waals surface area contributed by atoms with Crippen LogP contribution in [0.1, 0.15) is 33.6 Å². The summed E-state index contributed by atoms with van der Waals surface area (Å²) in [6, 6.07) is 1.40. The molecule has 0 bridgehead atoms. The Morgan fingerprint density at radius 3 is 2.81 bits per heavy atom. The molecule has 0 radical (unpaired) electrons. The van der Waals surface area contributed by atoms with E-state index in [-0.39, 0.29) is 0 Å². The standard InChI is InChI=1S/C13H29N3/c1-5-7-14-13-6-8-16(11-13)10-9-15(4)12(2)3/h12-14H,5-11H2,1-4H3. The van der Waals surface area contributed by atoms with Gasteiger partial charge >= 0.3 is 0 Å². The van der Waals surface area contributed by atoms with Gasteiger partial charge in [0.15, 0.2) is 0 Å². The van der Waals surface area contributed by atoms with Gasteiger partial charge in [0.2, 0.25) is 0 Å². The van der Waals surface area contributed by atoms with E-state index >= 15 is 0 Å². The first-order valence-corrected chi connectivity index (χ1v) is 6.79. The molecular weight excluding hydrogens is 198 g/mol. The summed E-state index contributed by atoms with van der Waals surface area (Å²) in [5.74, 6) is 0. The van der Waals surface area contributed by atoms with Gasteiger partial charge in [0.1, 0.15) is 0 Å². The highest BCUT2D eigenvalue weighted by Crippen LogP contribution is 2.09. The van der Waals surface area contributed by atoms with Crippen molar-refractivity contribution in [3.8, 4) is 0 Å². The van der Waals surface area contributed by atoms with E-state index in [9.17, 15) is 0 Å². The molecule has 0 saturated carbocycles. The lowest BCUT2D eigenvalue weighted by Gasteiger charge is -2.24. The average molecular weight is 227 g/mol. The number of hydrogen-bond donors (Lipinski definition) is 1. The fraction of sp³-hybridized carbons (Fsp3) is 1.00. The minimum atomic E-state index is 0.664. The first kappa shape index (κ1) is 13.9. The van der Waals surface area contributed by atoms with Crippen LogP contribution in [-0.4, -0.2) is 61.7 Å². The van der Waals surface area contributed by atoms with Gasteiger partial charge in [-0.3, -0.25) is 0 Å². The van der Waals surface area contributed by atoms with Crippen LogP contribution in [0.5, 0.6) is 0 Å². The van der Waals surface area contributed by atoms with Crippen molar-refractivity contribution < 1.29 is 0 Å². The second-order valence-electron chi connectivity index (χ2n) is 5.31. The summed E-state index contributed by atoms with van der Waals surface area (Å²) >= 11 is 0. The molecule has 0 aromatic heterocycles. The summed E-state index contributed by atoms with van der Waals surface area (Å²) < 4.78 is 0. The molecule has 0 amide bonds. The van der Waals surface area contributed by atoms with Crippen molar-refractivity contribution in [1.82, 2.24) is 15.1 Å². The lowest BCUT2D eigenvalue weighted by atomic mass is 10.2. The molecule has 1 aliphatic rings. The van der Waals surface area contributed by atoms with Crippen LogP contribution in [0.2, 0.25) is 0 Å². The molecule has 0 aliphatic carbocycles. The van der Waals surface area contributed by atoms with Gasteiger partial charge < -0.3 is 15.1 Å². The molecule has 3 nitrogen and oxygen atoms in total. The molecule has 3 heteroatoms. The van der Waals surface area contributed by atoms with Gasteiger partial charge in [-0.05, 0) is 46.8 Å². The molecular formula is C13H29N3. The average Bonchev–Trinajstić information content (AvgIpc) is 2.70. The van der Waals surface area contributed by atoms with Crippen LogP contribution in [0.3, 0.4) is 0 Å². The number of hydrogen-bond acceptors (Lipinski definition) is 3. The second kappa shape index (κ2) is 7.25. The summed E-state index contributed by atoms with van der Waals surface area (Å²) in [5, 5.41) is 3.62. The molecule has 16 heavy (non-hydrogen) atoms. The Hall–Kier alpha value is -0.120. The number of likely N-dealkylation sites (N-methyl/N-ethyl adjacent to an activating group) is 1. The van der Waals surface area contributed by atoms with Gasteiger partial charge in [-0.15, -0.1) is 0 Å². The smallest absolute Gasteiger partial charge is 0.0207 e. The van der Waals surface area contributed by atoms with Gasteiger partial charge in [0.25, 0.3) is 0 Å². The van der Waals surface area contributed by atoms with Crippen molar-refractivity contribution in [3.05, 3.63) is 0 Å². The van der Waals surface area contributed by atoms with Crippen molar-refractivity contribution in [2.45, 2.75) is 45.7 Å². The molecule has 0 aromatic rings. The Labute approximate surface area is 101 Å². The van der Waals surface area contributed by atoms with Gasteiger partial charge in [-0.2, -0.15) is 0 Å². The Bertz CT molecular complexity index is 182. The Morgan fingerprint density at radius 1 is 1.44 bits per heavy atom. The van der Waals surface area contributed by atoms with Crippen molar-refractivity contribution in [3.63, 3.8) is 0 Å². The lowest BCUT2D eigenvalue weighted by Crippen LogP contribution is -2.37. The molecule has 0 spiro atoms. The first-order valence-electron chi connectivity index (χ1n) is 6.79. The van der Waals surface area contributed by atoms with Crippen LogP contribution in [0.15, 0.2) is 0 Å². The van der Waals surface area contributed by atoms with E-state index in [2.05, 4.69) is 42.9 Å². The Kier molecular flexibility index (Phi) is 6.32. The third-order valence-corrected chi connectivity index (χ3v) is 3.61. The third-order valence-electron chi connectivity index (χ3n) is 3.61. The summed E-state index contributed by atoms with van der Waals surface area (Å²) in [7, 11) is 2.22. The monoisotopic (exact) mass is 227 g/mol. The summed E-state index contributed by atoms with van der Waals surface area (Å²) in [5.41, 5.74) is 0. The van der Waals surface area contributed by atoms with Crippen LogP contribution in [0.4, 0.5) is 0 Å². The molecule has 1 N–H and O–H groups in total. The quantitative estimate of drug-likeness (QED) is 0.709. The van der Waals surface area contributed by atoms with Crippen molar-refractivity contribution in [2.24, 2.45) is 0 Å². The van der Waals surface area contributed by atoms with E-state index < -0.39 is 0 Å². The van der Waals surface area contributed by atoms with Gasteiger partial charge in [-0.1, -0.05) is 6.92 Å². The van der Waals surface area contributed by atoms with Crippen molar-refractivity contribution >= 4 is 0 Å². The van der Waals surface area contributed by atoms with Crippen LogP contribution in [0.25, 0.3) is 0 Å². The fourth-order valence-electron chi connectivity index (χ4n) is 2.11. The van der Waals surface area contributed by atoms with E-state index in [4.69, 9.17) is 0 Å². The zero-order chi connectivity index (χ0) is 12.0. The largest absolute Gasteiger partial charge is 0.313 e. The first-order chi connectivity index (χ1) is 7.63. The van der Waals surface area contributed by atoms with Crippen LogP contribution in [-0.2, 0) is 0 Å². The molecule has 1 fully saturated rings. The Morgan fingerprint density at radius 2 is 2.19 bits per heavy atom. The maximum absolute atomic E-state index is 3.62. The molecule has 0 aromatic carbocycles. The van der Waals surface area contributed by atoms with Crippen LogP contribution < -0.4 is 5.32 Å². The summed E-state index contributed by atoms with van der Waals surface area (Å²) in [6.45, 7) is 12.9. The van der Waals surface area contributed by atoms with Crippen LogP contribution >= 0.6 is 0 Å². The minimum Gasteiger partial charge on any atom is -0.313 e. The minimum absolute atomic E-state index is 0.664. The zero-order valence-corrected chi connectivity index (χ0v) is 11.5. The van der Waals surface area contributed by atoms with Gasteiger partial charge in [0, 0.05) is 31.7 Å². The molecule has 1 aliphatic heterocycles. The van der Waals surface area contributed by atoms with Crippen molar-refractivity contribution in [2.75, 3.05) is 39.8 Å². The van der Waals surface area contributed by atoms with E-state index in [1.165, 1.54) is 45.6 Å². The lowest BCUT2D eigenvalue weighted by molar-refractivity contribution is 0.222. The highest BCUT2D eigenvalue weighted by molar-refractivity contribution is 4.81. The van der Waals surface area contributed by atoms with Crippen LogP contribution in [0, 0.1) is 0 Å². The van der Waals surface area contributed by atoms with Gasteiger partial charge in [0.05, 0.1) is 0 Å². The molecule has 1 heterocycles. The SMILES string of the molecule is CCCNC1CCN(CCN(C)C(C)C)C1. The van der Waals surface area contributed by atoms with Crippen molar-refractivity contribution in [1.29, 1.82) is 0 Å². The summed E-state index contributed by atoms with van der Waals surface area (Å²) in [6.07, 6.45) is 2.57. The molecule has 1 unspecified atom stereocenters. The number of likely N-dealkylation sites (tertiary alicyclic amines) is 1. The fourth-order valence-corrected chi connectivity index (χ4v) is 2.11. The second-order valence-corrected chi connectivity index (χ2v) is 5.31. The molecule has 1 atom stereocenters. The predicted molar refractivity (Wildman–Crippen MR) is 70.9 cm³/mol. The van der Waals surface area contributed by atoms with Gasteiger partial charge in [-0.25, -0.2) is 0 Å². The molecule has 1 rings (SSSR count). The predicted octanol–water partition coefficient (Wildman–Crippen LogP) is 1.40. The number of nitrogens with zero attached hydrogens (tertiary/aromatic N) is 2. The van der Waals surface area contributed by atoms with E-state index in [1.54, 1.807) is 0 Å². The highest BCUT2D eigenvalue weighted by atomic mass is 15.2. The number of rotatable bonds is 7. The van der Waals surface area contributed by atoms with E-state index in [0.29, 0.717) is 6.04 Å². The number of nitrogens with one attached hydrogen (secondary N) is 1. The molecule has 96 valence electrons.